The van der Waals surface area contributed by atoms with Crippen molar-refractivity contribution in [2.45, 2.75) is 70.9 Å². The SMILES string of the molecule is C[C@@H](NC(=O)CCCn1c2ccccc2c2cnn(C)c(=O)c21)C12CC3CC(CC(C3)C1)C2. The molecule has 1 N–H and O–H groups in total. The molecule has 2 aromatic heterocycles. The summed E-state index contributed by atoms with van der Waals surface area (Å²) in [5.41, 5.74) is 1.94. The average molecular weight is 447 g/mol. The van der Waals surface area contributed by atoms with Crippen LogP contribution < -0.4 is 10.9 Å². The third-order valence-electron chi connectivity index (χ3n) is 9.03. The number of rotatable bonds is 6. The maximum atomic E-state index is 12.9. The lowest BCUT2D eigenvalue weighted by Crippen LogP contribution is -2.55. The molecule has 6 heteroatoms. The van der Waals surface area contributed by atoms with E-state index in [2.05, 4.69) is 21.9 Å². The molecule has 4 aliphatic carbocycles. The fraction of sp³-hybridized carbons (Fsp3) is 0.593. The Morgan fingerprint density at radius 1 is 1.12 bits per heavy atom. The van der Waals surface area contributed by atoms with Crippen molar-refractivity contribution in [2.24, 2.45) is 30.2 Å². The second-order valence-corrected chi connectivity index (χ2v) is 11.2. The maximum Gasteiger partial charge on any atom is 0.291 e. The van der Waals surface area contributed by atoms with Crippen LogP contribution in [0.25, 0.3) is 21.8 Å². The number of carbonyl (C=O) groups is 1. The highest BCUT2D eigenvalue weighted by atomic mass is 16.1. The summed E-state index contributed by atoms with van der Waals surface area (Å²) in [6, 6.07) is 8.32. The molecule has 4 fully saturated rings. The van der Waals surface area contributed by atoms with E-state index in [1.165, 1.54) is 43.2 Å². The molecule has 0 saturated heterocycles. The summed E-state index contributed by atoms with van der Waals surface area (Å²) in [5, 5.41) is 9.53. The van der Waals surface area contributed by atoms with Gasteiger partial charge in [-0.15, -0.1) is 0 Å². The number of amides is 1. The van der Waals surface area contributed by atoms with Gasteiger partial charge < -0.3 is 9.88 Å². The lowest BCUT2D eigenvalue weighted by atomic mass is 9.48. The van der Waals surface area contributed by atoms with Crippen LogP contribution in [0.5, 0.6) is 0 Å². The van der Waals surface area contributed by atoms with Crippen molar-refractivity contribution in [1.29, 1.82) is 0 Å². The van der Waals surface area contributed by atoms with Gasteiger partial charge in [-0.05, 0) is 81.1 Å². The van der Waals surface area contributed by atoms with E-state index in [0.717, 1.165) is 34.0 Å². The molecule has 4 bridgehead atoms. The Morgan fingerprint density at radius 3 is 2.48 bits per heavy atom. The predicted octanol–water partition coefficient (Wildman–Crippen LogP) is 4.39. The summed E-state index contributed by atoms with van der Waals surface area (Å²) in [6.07, 6.45) is 11.1. The first kappa shape index (κ1) is 20.9. The van der Waals surface area contributed by atoms with Gasteiger partial charge in [-0.3, -0.25) is 9.59 Å². The van der Waals surface area contributed by atoms with Crippen LogP contribution in [0.1, 0.15) is 58.3 Å². The fourth-order valence-corrected chi connectivity index (χ4v) is 7.85. The van der Waals surface area contributed by atoms with Crippen molar-refractivity contribution >= 4 is 27.7 Å². The molecule has 0 spiro atoms. The lowest BCUT2D eigenvalue weighted by molar-refractivity contribution is -0.126. The molecule has 1 atom stereocenters. The highest BCUT2D eigenvalue weighted by Crippen LogP contribution is 2.61. The zero-order chi connectivity index (χ0) is 22.7. The summed E-state index contributed by atoms with van der Waals surface area (Å²) >= 11 is 0. The molecule has 0 radical (unpaired) electrons. The van der Waals surface area contributed by atoms with E-state index < -0.39 is 0 Å². The molecule has 3 aromatic rings. The van der Waals surface area contributed by atoms with Crippen LogP contribution in [0, 0.1) is 23.2 Å². The van der Waals surface area contributed by atoms with Gasteiger partial charge in [-0.25, -0.2) is 4.68 Å². The first-order valence-electron chi connectivity index (χ1n) is 12.7. The fourth-order valence-electron chi connectivity index (χ4n) is 7.85. The number of para-hydroxylation sites is 1. The van der Waals surface area contributed by atoms with E-state index in [4.69, 9.17) is 0 Å². The second-order valence-electron chi connectivity index (χ2n) is 11.2. The third-order valence-corrected chi connectivity index (χ3v) is 9.03. The number of nitrogens with one attached hydrogen (secondary N) is 1. The van der Waals surface area contributed by atoms with Gasteiger partial charge in [0.2, 0.25) is 5.91 Å². The minimum atomic E-state index is -0.0939. The van der Waals surface area contributed by atoms with Gasteiger partial charge in [-0.2, -0.15) is 5.10 Å². The Morgan fingerprint density at radius 2 is 1.79 bits per heavy atom. The van der Waals surface area contributed by atoms with Crippen LogP contribution in [-0.4, -0.2) is 26.3 Å². The largest absolute Gasteiger partial charge is 0.353 e. The van der Waals surface area contributed by atoms with Crippen LogP contribution in [0.4, 0.5) is 0 Å². The minimum Gasteiger partial charge on any atom is -0.353 e. The first-order valence-corrected chi connectivity index (χ1v) is 12.7. The molecule has 1 aromatic carbocycles. The monoisotopic (exact) mass is 446 g/mol. The third kappa shape index (κ3) is 3.41. The number of fused-ring (bicyclic) bond motifs is 3. The van der Waals surface area contributed by atoms with E-state index in [9.17, 15) is 9.59 Å². The zero-order valence-electron chi connectivity index (χ0n) is 19.7. The van der Waals surface area contributed by atoms with E-state index in [0.29, 0.717) is 30.3 Å². The Bertz CT molecular complexity index is 1250. The molecule has 6 nitrogen and oxygen atoms in total. The number of benzene rings is 1. The molecule has 1 amide bonds. The zero-order valence-corrected chi connectivity index (χ0v) is 19.7. The van der Waals surface area contributed by atoms with Crippen LogP contribution >= 0.6 is 0 Å². The van der Waals surface area contributed by atoms with E-state index in [1.807, 2.05) is 24.3 Å². The highest BCUT2D eigenvalue weighted by Gasteiger charge is 2.53. The standard InChI is InChI=1S/C27H34N4O2/c1-17(27-13-18-10-19(14-27)12-20(11-18)15-27)29-24(32)8-5-9-31-23-7-4-3-6-21(23)22-16-28-30(2)26(33)25(22)31/h3-4,6-7,16-20H,5,8-15H2,1-2H3,(H,29,32)/t17-,18?,19?,20?,27?/m1/s1. The number of hydrogen-bond donors (Lipinski definition) is 1. The summed E-state index contributed by atoms with van der Waals surface area (Å²) in [5.74, 6) is 2.82. The number of aryl methyl sites for hydroxylation is 2. The predicted molar refractivity (Wildman–Crippen MR) is 130 cm³/mol. The van der Waals surface area contributed by atoms with Gasteiger partial charge >= 0.3 is 0 Å². The van der Waals surface area contributed by atoms with Crippen molar-refractivity contribution in [3.8, 4) is 0 Å². The van der Waals surface area contributed by atoms with Crippen molar-refractivity contribution in [1.82, 2.24) is 19.7 Å². The van der Waals surface area contributed by atoms with E-state index in [1.54, 1.807) is 13.2 Å². The van der Waals surface area contributed by atoms with Crippen molar-refractivity contribution in [2.75, 3.05) is 0 Å². The quantitative estimate of drug-likeness (QED) is 0.611. The molecular weight excluding hydrogens is 412 g/mol. The molecule has 0 aliphatic heterocycles. The molecule has 7 rings (SSSR count). The topological polar surface area (TPSA) is 68.9 Å². The van der Waals surface area contributed by atoms with E-state index >= 15 is 0 Å². The summed E-state index contributed by atoms with van der Waals surface area (Å²) in [7, 11) is 1.68. The molecule has 2 heterocycles. The van der Waals surface area contributed by atoms with Crippen molar-refractivity contribution in [3.63, 3.8) is 0 Å². The smallest absolute Gasteiger partial charge is 0.291 e. The Kier molecular flexibility index (Phi) is 4.89. The highest BCUT2D eigenvalue weighted by molar-refractivity contribution is 6.07. The molecule has 174 valence electrons. The van der Waals surface area contributed by atoms with Crippen LogP contribution in [-0.2, 0) is 18.4 Å². The van der Waals surface area contributed by atoms with Gasteiger partial charge in [0.15, 0.2) is 0 Å². The second kappa shape index (κ2) is 7.71. The van der Waals surface area contributed by atoms with Gasteiger partial charge in [0.05, 0.1) is 6.20 Å². The van der Waals surface area contributed by atoms with Gasteiger partial charge in [0.25, 0.3) is 5.56 Å². The first-order chi connectivity index (χ1) is 15.9. The molecule has 33 heavy (non-hydrogen) atoms. The van der Waals surface area contributed by atoms with Gasteiger partial charge in [-0.1, -0.05) is 18.2 Å². The Hall–Kier alpha value is -2.63. The summed E-state index contributed by atoms with van der Waals surface area (Å²) in [4.78, 5) is 25.8. The van der Waals surface area contributed by atoms with E-state index in [-0.39, 0.29) is 17.5 Å². The van der Waals surface area contributed by atoms with Crippen LogP contribution in [0.2, 0.25) is 0 Å². The van der Waals surface area contributed by atoms with Crippen molar-refractivity contribution < 1.29 is 4.79 Å². The molecule has 4 aliphatic rings. The number of aromatic nitrogens is 3. The normalized spacial score (nSPS) is 29.1. The number of nitrogens with zero attached hydrogens (tertiary/aromatic N) is 3. The molecule has 4 saturated carbocycles. The molecular formula is C27H34N4O2. The lowest BCUT2D eigenvalue weighted by Gasteiger charge is -2.59. The summed E-state index contributed by atoms with van der Waals surface area (Å²) in [6.45, 7) is 2.89. The Balaban J connectivity index is 1.16. The minimum absolute atomic E-state index is 0.0939. The maximum absolute atomic E-state index is 12.9. The Labute approximate surface area is 194 Å². The van der Waals surface area contributed by atoms with Crippen LogP contribution in [0.15, 0.2) is 35.3 Å². The van der Waals surface area contributed by atoms with Crippen LogP contribution in [0.3, 0.4) is 0 Å². The average Bonchev–Trinajstić information content (AvgIpc) is 3.10. The summed E-state index contributed by atoms with van der Waals surface area (Å²) < 4.78 is 3.46. The number of hydrogen-bond acceptors (Lipinski definition) is 3. The molecule has 0 unspecified atom stereocenters. The van der Waals surface area contributed by atoms with Gasteiger partial charge in [0, 0.05) is 42.3 Å². The number of carbonyl (C=O) groups excluding carboxylic acids is 1. The van der Waals surface area contributed by atoms with Gasteiger partial charge in [0.1, 0.15) is 5.52 Å². The van der Waals surface area contributed by atoms with Crippen molar-refractivity contribution in [3.05, 3.63) is 40.8 Å².